The minimum Gasteiger partial charge on any atom is -0.474 e. The zero-order chi connectivity index (χ0) is 9.26. The molecule has 70 valence electrons. The molecule has 5 nitrogen and oxygen atoms in total. The lowest BCUT2D eigenvalue weighted by molar-refractivity contribution is -0.150. The molecule has 1 aromatic heterocycles. The Kier molecular flexibility index (Phi) is 1.92. The fourth-order valence-electron chi connectivity index (χ4n) is 1.31. The quantitative estimate of drug-likeness (QED) is 0.582. The Morgan fingerprint density at radius 3 is 3.46 bits per heavy atom. The molecule has 1 unspecified atom stereocenters. The minimum absolute atomic E-state index is 0.218. The van der Waals surface area contributed by atoms with Gasteiger partial charge < -0.3 is 9.47 Å². The number of ether oxygens (including phenoxy) is 2. The van der Waals surface area contributed by atoms with E-state index < -0.39 is 0 Å². The zero-order valence-corrected chi connectivity index (χ0v) is 7.27. The molecule has 0 saturated heterocycles. The number of carbonyl (C=O) groups excluding carboxylic acids is 1. The van der Waals surface area contributed by atoms with Gasteiger partial charge in [-0.15, -0.1) is 0 Å². The summed E-state index contributed by atoms with van der Waals surface area (Å²) < 4.78 is 12.0. The number of hydrogen-bond donors (Lipinski definition) is 0. The van der Waals surface area contributed by atoms with Gasteiger partial charge in [0, 0.05) is 13.0 Å². The molecule has 13 heavy (non-hydrogen) atoms. The van der Waals surface area contributed by atoms with E-state index in [-0.39, 0.29) is 12.1 Å². The Balaban J connectivity index is 2.04. The first kappa shape index (κ1) is 8.10. The van der Waals surface area contributed by atoms with Gasteiger partial charge in [-0.25, -0.2) is 4.68 Å². The first-order valence-corrected chi connectivity index (χ1v) is 4.07. The maximum atomic E-state index is 10.7. The molecule has 0 spiro atoms. The highest BCUT2D eigenvalue weighted by Gasteiger charge is 2.21. The van der Waals surface area contributed by atoms with Gasteiger partial charge in [-0.3, -0.25) is 4.79 Å². The van der Waals surface area contributed by atoms with Crippen LogP contribution in [0.5, 0.6) is 5.88 Å². The van der Waals surface area contributed by atoms with E-state index in [0.29, 0.717) is 13.2 Å². The second-order valence-corrected chi connectivity index (χ2v) is 2.89. The van der Waals surface area contributed by atoms with E-state index in [4.69, 9.17) is 9.47 Å². The number of carbonyl (C=O) groups is 1. The molecule has 0 amide bonds. The van der Waals surface area contributed by atoms with Crippen molar-refractivity contribution in [2.45, 2.75) is 19.6 Å². The molecule has 1 aliphatic rings. The third-order valence-electron chi connectivity index (χ3n) is 1.80. The molecule has 5 heteroatoms. The van der Waals surface area contributed by atoms with Crippen LogP contribution in [0.4, 0.5) is 0 Å². The Morgan fingerprint density at radius 1 is 1.85 bits per heavy atom. The van der Waals surface area contributed by atoms with Crippen molar-refractivity contribution in [2.24, 2.45) is 0 Å². The molecular weight excluding hydrogens is 172 g/mol. The molecule has 2 heterocycles. The Hall–Kier alpha value is -1.52. The lowest BCUT2D eigenvalue weighted by Gasteiger charge is -2.23. The number of aromatic nitrogens is 2. The molecular formula is C8H10N2O3. The first-order chi connectivity index (χ1) is 6.25. The van der Waals surface area contributed by atoms with Crippen LogP contribution in [0.2, 0.25) is 0 Å². The lowest BCUT2D eigenvalue weighted by atomic mass is 10.3. The molecule has 0 aromatic carbocycles. The smallest absolute Gasteiger partial charge is 0.303 e. The normalized spacial score (nSPS) is 20.2. The highest BCUT2D eigenvalue weighted by molar-refractivity contribution is 5.66. The minimum atomic E-state index is -0.288. The molecule has 2 rings (SSSR count). The molecule has 0 N–H and O–H groups in total. The summed E-state index contributed by atoms with van der Waals surface area (Å²) in [4.78, 5) is 10.7. The van der Waals surface area contributed by atoms with Crippen molar-refractivity contribution in [1.29, 1.82) is 0 Å². The van der Waals surface area contributed by atoms with E-state index >= 15 is 0 Å². The highest BCUT2D eigenvalue weighted by Crippen LogP contribution is 2.16. The molecule has 0 aliphatic carbocycles. The van der Waals surface area contributed by atoms with E-state index in [1.807, 2.05) is 0 Å². The summed E-state index contributed by atoms with van der Waals surface area (Å²) >= 11 is 0. The van der Waals surface area contributed by atoms with Crippen LogP contribution in [-0.4, -0.2) is 28.5 Å². The number of hydrogen-bond acceptors (Lipinski definition) is 4. The van der Waals surface area contributed by atoms with Gasteiger partial charge in [0.05, 0.1) is 12.7 Å². The van der Waals surface area contributed by atoms with Gasteiger partial charge in [0.1, 0.15) is 6.61 Å². The van der Waals surface area contributed by atoms with Gasteiger partial charge in [0.2, 0.25) is 5.88 Å². The molecule has 1 aliphatic heterocycles. The summed E-state index contributed by atoms with van der Waals surface area (Å²) in [6.45, 7) is 2.37. The average molecular weight is 182 g/mol. The molecule has 0 bridgehead atoms. The molecule has 1 aromatic rings. The van der Waals surface area contributed by atoms with Gasteiger partial charge in [-0.05, 0) is 0 Å². The summed E-state index contributed by atoms with van der Waals surface area (Å²) in [6, 6.07) is 1.78. The number of nitrogens with zero attached hydrogens (tertiary/aromatic N) is 2. The first-order valence-electron chi connectivity index (χ1n) is 4.07. The van der Waals surface area contributed by atoms with Crippen LogP contribution in [0.15, 0.2) is 12.3 Å². The lowest BCUT2D eigenvalue weighted by Crippen LogP contribution is -2.33. The van der Waals surface area contributed by atoms with Crippen molar-refractivity contribution < 1.29 is 14.3 Å². The highest BCUT2D eigenvalue weighted by atomic mass is 16.6. The maximum absolute atomic E-state index is 10.7. The van der Waals surface area contributed by atoms with Crippen LogP contribution in [0.1, 0.15) is 6.92 Å². The average Bonchev–Trinajstić information content (AvgIpc) is 2.49. The van der Waals surface area contributed by atoms with Crippen molar-refractivity contribution in [3.05, 3.63) is 12.3 Å². The number of esters is 1. The molecule has 0 saturated carbocycles. The van der Waals surface area contributed by atoms with Crippen molar-refractivity contribution in [2.75, 3.05) is 6.61 Å². The van der Waals surface area contributed by atoms with Crippen LogP contribution >= 0.6 is 0 Å². The van der Waals surface area contributed by atoms with Gasteiger partial charge in [0.15, 0.2) is 6.10 Å². The van der Waals surface area contributed by atoms with E-state index in [9.17, 15) is 4.79 Å². The summed E-state index contributed by atoms with van der Waals surface area (Å²) in [6.07, 6.45) is 1.44. The van der Waals surface area contributed by atoms with E-state index in [1.54, 1.807) is 16.9 Å². The summed E-state index contributed by atoms with van der Waals surface area (Å²) in [5, 5.41) is 4.01. The fraction of sp³-hybridized carbons (Fsp3) is 0.500. The molecule has 0 radical (unpaired) electrons. The van der Waals surface area contributed by atoms with Crippen LogP contribution in [-0.2, 0) is 16.1 Å². The number of rotatable bonds is 1. The topological polar surface area (TPSA) is 53.4 Å². The van der Waals surface area contributed by atoms with E-state index in [1.165, 1.54) is 6.92 Å². The van der Waals surface area contributed by atoms with Crippen molar-refractivity contribution in [1.82, 2.24) is 9.78 Å². The van der Waals surface area contributed by atoms with Gasteiger partial charge >= 0.3 is 5.97 Å². The van der Waals surface area contributed by atoms with Gasteiger partial charge in [-0.1, -0.05) is 0 Å². The van der Waals surface area contributed by atoms with Crippen LogP contribution in [0.3, 0.4) is 0 Å². The van der Waals surface area contributed by atoms with Crippen molar-refractivity contribution in [3.8, 4) is 5.88 Å². The third kappa shape index (κ3) is 1.63. The number of fused-ring (bicyclic) bond motifs is 1. The monoisotopic (exact) mass is 182 g/mol. The Morgan fingerprint density at radius 2 is 2.69 bits per heavy atom. The largest absolute Gasteiger partial charge is 0.474 e. The predicted octanol–water partition coefficient (Wildman–Crippen LogP) is 0.207. The van der Waals surface area contributed by atoms with Crippen LogP contribution in [0.25, 0.3) is 0 Å². The SMILES string of the molecule is CC(=O)OC1COc2ccnn2C1. The summed E-state index contributed by atoms with van der Waals surface area (Å²) in [7, 11) is 0. The molecule has 0 fully saturated rings. The third-order valence-corrected chi connectivity index (χ3v) is 1.80. The summed E-state index contributed by atoms with van der Waals surface area (Å²) in [5.41, 5.74) is 0. The van der Waals surface area contributed by atoms with Crippen molar-refractivity contribution >= 4 is 5.97 Å². The predicted molar refractivity (Wildman–Crippen MR) is 43.3 cm³/mol. The standard InChI is InChI=1S/C8H10N2O3/c1-6(11)13-7-4-10-8(12-5-7)2-3-9-10/h2-3,7H,4-5H2,1H3. The Bertz CT molecular complexity index is 321. The Labute approximate surface area is 75.2 Å². The summed E-state index contributed by atoms with van der Waals surface area (Å²) in [5.74, 6) is 0.438. The van der Waals surface area contributed by atoms with E-state index in [0.717, 1.165) is 5.88 Å². The van der Waals surface area contributed by atoms with Crippen LogP contribution in [0, 0.1) is 0 Å². The van der Waals surface area contributed by atoms with E-state index in [2.05, 4.69) is 5.10 Å². The molecule has 1 atom stereocenters. The maximum Gasteiger partial charge on any atom is 0.303 e. The van der Waals surface area contributed by atoms with Crippen LogP contribution < -0.4 is 4.74 Å². The van der Waals surface area contributed by atoms with Crippen molar-refractivity contribution in [3.63, 3.8) is 0 Å². The second-order valence-electron chi connectivity index (χ2n) is 2.89. The van der Waals surface area contributed by atoms with Gasteiger partial charge in [-0.2, -0.15) is 5.10 Å². The fourth-order valence-corrected chi connectivity index (χ4v) is 1.31. The van der Waals surface area contributed by atoms with Gasteiger partial charge in [0.25, 0.3) is 0 Å². The second kappa shape index (κ2) is 3.08. The zero-order valence-electron chi connectivity index (χ0n) is 7.27.